The first-order valence-corrected chi connectivity index (χ1v) is 9.38. The molecule has 0 atom stereocenters. The summed E-state index contributed by atoms with van der Waals surface area (Å²) in [4.78, 5) is 18.8. The smallest absolute Gasteiger partial charge is 0.251 e. The number of hydrogen-bond donors (Lipinski definition) is 1. The average molecular weight is 357 g/mol. The van der Waals surface area contributed by atoms with E-state index < -0.39 is 0 Å². The predicted molar refractivity (Wildman–Crippen MR) is 108 cm³/mol. The van der Waals surface area contributed by atoms with Crippen LogP contribution in [0.5, 0.6) is 0 Å². The number of nitrogens with one attached hydrogen (secondary N) is 1. The molecule has 1 amide bonds. The molecule has 4 rings (SSSR count). The molecule has 1 aliphatic rings. The van der Waals surface area contributed by atoms with E-state index in [-0.39, 0.29) is 5.91 Å². The van der Waals surface area contributed by atoms with E-state index in [0.717, 1.165) is 25.1 Å². The Labute approximate surface area is 159 Å². The lowest BCUT2D eigenvalue weighted by Crippen LogP contribution is -2.28. The van der Waals surface area contributed by atoms with Gasteiger partial charge in [0, 0.05) is 43.3 Å². The number of fused-ring (bicyclic) bond motifs is 1. The summed E-state index contributed by atoms with van der Waals surface area (Å²) in [7, 11) is 0. The third-order valence-electron chi connectivity index (χ3n) is 4.97. The summed E-state index contributed by atoms with van der Waals surface area (Å²) >= 11 is 0. The van der Waals surface area contributed by atoms with E-state index in [4.69, 9.17) is 0 Å². The van der Waals surface area contributed by atoms with Crippen LogP contribution >= 0.6 is 0 Å². The standard InChI is InChI=1S/C23H23N3O/c27-23(25-16-19-5-3-13-24-15-19)21-11-9-18(10-12-21)17-26-14-4-7-20-6-1-2-8-22(20)26/h1-3,5-6,8-13,15H,4,7,14,16-17H2,(H,25,27). The summed E-state index contributed by atoms with van der Waals surface area (Å²) in [6, 6.07) is 20.4. The van der Waals surface area contributed by atoms with E-state index in [0.29, 0.717) is 12.1 Å². The first-order chi connectivity index (χ1) is 13.3. The van der Waals surface area contributed by atoms with Gasteiger partial charge in [0.15, 0.2) is 0 Å². The maximum Gasteiger partial charge on any atom is 0.251 e. The van der Waals surface area contributed by atoms with Gasteiger partial charge in [-0.3, -0.25) is 9.78 Å². The van der Waals surface area contributed by atoms with Crippen LogP contribution in [0.2, 0.25) is 0 Å². The van der Waals surface area contributed by atoms with Gasteiger partial charge in [-0.25, -0.2) is 0 Å². The van der Waals surface area contributed by atoms with Crippen LogP contribution in [-0.2, 0) is 19.5 Å². The van der Waals surface area contributed by atoms with Crippen molar-refractivity contribution in [2.45, 2.75) is 25.9 Å². The van der Waals surface area contributed by atoms with Gasteiger partial charge in [-0.15, -0.1) is 0 Å². The molecular weight excluding hydrogens is 334 g/mol. The van der Waals surface area contributed by atoms with Crippen LogP contribution in [0.25, 0.3) is 0 Å². The molecule has 0 saturated heterocycles. The Bertz CT molecular complexity index is 906. The van der Waals surface area contributed by atoms with Crippen molar-refractivity contribution in [3.05, 3.63) is 95.3 Å². The van der Waals surface area contributed by atoms with Gasteiger partial charge in [0.1, 0.15) is 0 Å². The molecule has 4 heteroatoms. The first-order valence-electron chi connectivity index (χ1n) is 9.38. The fourth-order valence-corrected chi connectivity index (χ4v) is 3.54. The van der Waals surface area contributed by atoms with Crippen LogP contribution in [-0.4, -0.2) is 17.4 Å². The average Bonchev–Trinajstić information content (AvgIpc) is 2.74. The van der Waals surface area contributed by atoms with E-state index in [2.05, 4.69) is 51.6 Å². The van der Waals surface area contributed by atoms with E-state index in [9.17, 15) is 4.79 Å². The predicted octanol–water partition coefficient (Wildman–Crippen LogP) is 3.96. The highest BCUT2D eigenvalue weighted by atomic mass is 16.1. The Kier molecular flexibility index (Phi) is 5.15. The third-order valence-corrected chi connectivity index (χ3v) is 4.97. The normalized spacial score (nSPS) is 13.1. The van der Waals surface area contributed by atoms with Crippen LogP contribution in [0, 0.1) is 0 Å². The van der Waals surface area contributed by atoms with Crippen molar-refractivity contribution in [1.82, 2.24) is 10.3 Å². The molecule has 0 radical (unpaired) electrons. The lowest BCUT2D eigenvalue weighted by Gasteiger charge is -2.31. The Hall–Kier alpha value is -3.14. The van der Waals surface area contributed by atoms with Gasteiger partial charge in [-0.2, -0.15) is 0 Å². The number of carbonyl (C=O) groups is 1. The molecular formula is C23H23N3O. The molecule has 0 saturated carbocycles. The van der Waals surface area contributed by atoms with Crippen LogP contribution in [0.1, 0.15) is 33.5 Å². The Morgan fingerprint density at radius 3 is 2.67 bits per heavy atom. The second kappa shape index (κ2) is 8.04. The fourth-order valence-electron chi connectivity index (χ4n) is 3.54. The summed E-state index contributed by atoms with van der Waals surface area (Å²) in [5, 5.41) is 2.94. The van der Waals surface area contributed by atoms with Crippen molar-refractivity contribution in [1.29, 1.82) is 0 Å². The Morgan fingerprint density at radius 2 is 1.85 bits per heavy atom. The molecule has 1 aliphatic heterocycles. The minimum atomic E-state index is -0.0614. The van der Waals surface area contributed by atoms with Gasteiger partial charge >= 0.3 is 0 Å². The highest BCUT2D eigenvalue weighted by molar-refractivity contribution is 5.94. The molecule has 1 N–H and O–H groups in total. The van der Waals surface area contributed by atoms with Crippen LogP contribution in [0.15, 0.2) is 73.1 Å². The van der Waals surface area contributed by atoms with E-state index >= 15 is 0 Å². The second-order valence-corrected chi connectivity index (χ2v) is 6.89. The number of carbonyl (C=O) groups excluding carboxylic acids is 1. The Balaban J connectivity index is 1.39. The van der Waals surface area contributed by atoms with Gasteiger partial charge < -0.3 is 10.2 Å². The summed E-state index contributed by atoms with van der Waals surface area (Å²) in [6.45, 7) is 2.43. The summed E-state index contributed by atoms with van der Waals surface area (Å²) in [5.74, 6) is -0.0614. The van der Waals surface area contributed by atoms with Crippen molar-refractivity contribution in [3.63, 3.8) is 0 Å². The first kappa shape index (κ1) is 17.3. The van der Waals surface area contributed by atoms with Crippen molar-refractivity contribution >= 4 is 11.6 Å². The van der Waals surface area contributed by atoms with Gasteiger partial charge in [-0.1, -0.05) is 36.4 Å². The molecule has 1 aromatic heterocycles. The lowest BCUT2D eigenvalue weighted by molar-refractivity contribution is 0.0951. The summed E-state index contributed by atoms with van der Waals surface area (Å²) < 4.78 is 0. The van der Waals surface area contributed by atoms with Crippen LogP contribution < -0.4 is 10.2 Å². The number of pyridine rings is 1. The Morgan fingerprint density at radius 1 is 1.00 bits per heavy atom. The molecule has 4 nitrogen and oxygen atoms in total. The zero-order valence-corrected chi connectivity index (χ0v) is 15.3. The lowest BCUT2D eigenvalue weighted by atomic mass is 10.0. The third kappa shape index (κ3) is 4.17. The molecule has 0 fully saturated rings. The van der Waals surface area contributed by atoms with Crippen molar-refractivity contribution in [2.24, 2.45) is 0 Å². The number of para-hydroxylation sites is 1. The minimum absolute atomic E-state index is 0.0614. The number of hydrogen-bond acceptors (Lipinski definition) is 3. The number of rotatable bonds is 5. The fraction of sp³-hybridized carbons (Fsp3) is 0.217. The topological polar surface area (TPSA) is 45.2 Å². The van der Waals surface area contributed by atoms with Gasteiger partial charge in [0.2, 0.25) is 0 Å². The van der Waals surface area contributed by atoms with E-state index in [1.165, 1.54) is 23.2 Å². The summed E-state index contributed by atoms with van der Waals surface area (Å²) in [5.41, 5.74) is 5.65. The van der Waals surface area contributed by atoms with Gasteiger partial charge in [-0.05, 0) is 53.8 Å². The molecule has 0 spiro atoms. The molecule has 136 valence electrons. The van der Waals surface area contributed by atoms with Gasteiger partial charge in [0.25, 0.3) is 5.91 Å². The second-order valence-electron chi connectivity index (χ2n) is 6.89. The van der Waals surface area contributed by atoms with Crippen molar-refractivity contribution in [3.8, 4) is 0 Å². The quantitative estimate of drug-likeness (QED) is 0.752. The van der Waals surface area contributed by atoms with Crippen molar-refractivity contribution in [2.75, 3.05) is 11.4 Å². The highest BCUT2D eigenvalue weighted by Crippen LogP contribution is 2.28. The number of benzene rings is 2. The maximum absolute atomic E-state index is 12.3. The molecule has 0 bridgehead atoms. The zero-order chi connectivity index (χ0) is 18.5. The minimum Gasteiger partial charge on any atom is -0.367 e. The molecule has 0 aliphatic carbocycles. The van der Waals surface area contributed by atoms with E-state index in [1.54, 1.807) is 12.4 Å². The monoisotopic (exact) mass is 357 g/mol. The molecule has 2 aromatic carbocycles. The molecule has 0 unspecified atom stereocenters. The van der Waals surface area contributed by atoms with Crippen molar-refractivity contribution < 1.29 is 4.79 Å². The molecule has 3 aromatic rings. The number of aryl methyl sites for hydroxylation is 1. The number of nitrogens with zero attached hydrogens (tertiary/aromatic N) is 2. The zero-order valence-electron chi connectivity index (χ0n) is 15.3. The van der Waals surface area contributed by atoms with Crippen LogP contribution in [0.4, 0.5) is 5.69 Å². The number of amides is 1. The van der Waals surface area contributed by atoms with Crippen LogP contribution in [0.3, 0.4) is 0 Å². The number of anilines is 1. The highest BCUT2D eigenvalue weighted by Gasteiger charge is 2.16. The SMILES string of the molecule is O=C(NCc1cccnc1)c1ccc(CN2CCCc3ccccc32)cc1. The summed E-state index contributed by atoms with van der Waals surface area (Å²) in [6.07, 6.45) is 5.83. The maximum atomic E-state index is 12.3. The molecule has 2 heterocycles. The largest absolute Gasteiger partial charge is 0.367 e. The van der Waals surface area contributed by atoms with E-state index in [1.807, 2.05) is 24.3 Å². The molecule has 27 heavy (non-hydrogen) atoms. The van der Waals surface area contributed by atoms with Gasteiger partial charge in [0.05, 0.1) is 0 Å². The number of aromatic nitrogens is 1.